The van der Waals surface area contributed by atoms with E-state index in [1.807, 2.05) is 50.1 Å². The van der Waals surface area contributed by atoms with Crippen LogP contribution >= 0.6 is 0 Å². The highest BCUT2D eigenvalue weighted by atomic mass is 19.1. The van der Waals surface area contributed by atoms with Crippen LogP contribution in [-0.2, 0) is 6.54 Å². The predicted molar refractivity (Wildman–Crippen MR) is 83.2 cm³/mol. The van der Waals surface area contributed by atoms with E-state index in [1.165, 1.54) is 6.07 Å². The number of rotatable bonds is 5. The average molecular weight is 287 g/mol. The number of nitrogens with two attached hydrogens (primary N) is 1. The molecule has 0 amide bonds. The van der Waals surface area contributed by atoms with E-state index in [2.05, 4.69) is 4.98 Å². The van der Waals surface area contributed by atoms with E-state index < -0.39 is 0 Å². The number of pyridine rings is 1. The van der Waals surface area contributed by atoms with Gasteiger partial charge < -0.3 is 5.73 Å². The lowest BCUT2D eigenvalue weighted by molar-refractivity contribution is 0.204. The van der Waals surface area contributed by atoms with Crippen LogP contribution in [0.5, 0.6) is 0 Å². The molecule has 0 bridgehead atoms. The van der Waals surface area contributed by atoms with Crippen LogP contribution < -0.4 is 5.73 Å². The predicted octanol–water partition coefficient (Wildman–Crippen LogP) is 3.05. The molecule has 3 nitrogen and oxygen atoms in total. The van der Waals surface area contributed by atoms with Gasteiger partial charge in [-0.2, -0.15) is 0 Å². The van der Waals surface area contributed by atoms with Crippen LogP contribution in [-0.4, -0.2) is 23.0 Å². The Morgan fingerprint density at radius 3 is 2.52 bits per heavy atom. The quantitative estimate of drug-likeness (QED) is 0.919. The Morgan fingerprint density at radius 2 is 1.90 bits per heavy atom. The fraction of sp³-hybridized carbons (Fsp3) is 0.353. The normalized spacial score (nSPS) is 14.2. The molecule has 4 heteroatoms. The van der Waals surface area contributed by atoms with Crippen LogP contribution in [0.1, 0.15) is 29.9 Å². The van der Waals surface area contributed by atoms with Gasteiger partial charge in [0.2, 0.25) is 0 Å². The standard InChI is InChI=1S/C17H22FN3/c1-12-7-6-8-14(20-12)11-21(3)17(13(2)19)15-9-4-5-10-16(15)18/h4-10,13,17H,11,19H2,1-3H3. The van der Waals surface area contributed by atoms with E-state index in [0.29, 0.717) is 12.1 Å². The van der Waals surface area contributed by atoms with Crippen LogP contribution in [0.15, 0.2) is 42.5 Å². The summed E-state index contributed by atoms with van der Waals surface area (Å²) in [6.45, 7) is 4.49. The third kappa shape index (κ3) is 3.86. The van der Waals surface area contributed by atoms with Crippen molar-refractivity contribution in [3.05, 3.63) is 65.2 Å². The molecule has 21 heavy (non-hydrogen) atoms. The summed E-state index contributed by atoms with van der Waals surface area (Å²) < 4.78 is 14.1. The third-order valence-electron chi connectivity index (χ3n) is 3.55. The Balaban J connectivity index is 2.24. The summed E-state index contributed by atoms with van der Waals surface area (Å²) in [5, 5.41) is 0. The molecule has 2 atom stereocenters. The number of aryl methyl sites for hydroxylation is 1. The molecule has 0 aliphatic heterocycles. The minimum Gasteiger partial charge on any atom is -0.326 e. The summed E-state index contributed by atoms with van der Waals surface area (Å²) in [6.07, 6.45) is 0. The molecule has 1 heterocycles. The topological polar surface area (TPSA) is 42.1 Å². The molecule has 0 spiro atoms. The zero-order chi connectivity index (χ0) is 15.4. The second-order valence-electron chi connectivity index (χ2n) is 5.51. The lowest BCUT2D eigenvalue weighted by atomic mass is 9.99. The van der Waals surface area contributed by atoms with Gasteiger partial charge in [-0.15, -0.1) is 0 Å². The fourth-order valence-corrected chi connectivity index (χ4v) is 2.68. The van der Waals surface area contributed by atoms with E-state index in [-0.39, 0.29) is 17.9 Å². The third-order valence-corrected chi connectivity index (χ3v) is 3.55. The highest BCUT2D eigenvalue weighted by Gasteiger charge is 2.24. The highest BCUT2D eigenvalue weighted by molar-refractivity contribution is 5.23. The number of benzene rings is 1. The summed E-state index contributed by atoms with van der Waals surface area (Å²) >= 11 is 0. The van der Waals surface area contributed by atoms with Crippen LogP contribution in [0, 0.1) is 12.7 Å². The minimum atomic E-state index is -0.219. The molecular formula is C17H22FN3. The van der Waals surface area contributed by atoms with Crippen LogP contribution in [0.2, 0.25) is 0 Å². The summed E-state index contributed by atoms with van der Waals surface area (Å²) in [5.74, 6) is -0.219. The van der Waals surface area contributed by atoms with Crippen LogP contribution in [0.3, 0.4) is 0 Å². The van der Waals surface area contributed by atoms with Crippen molar-refractivity contribution in [1.82, 2.24) is 9.88 Å². The van der Waals surface area contributed by atoms with Crippen molar-refractivity contribution >= 4 is 0 Å². The second kappa shape index (κ2) is 6.78. The molecule has 0 radical (unpaired) electrons. The molecule has 2 N–H and O–H groups in total. The zero-order valence-electron chi connectivity index (χ0n) is 12.8. The number of hydrogen-bond donors (Lipinski definition) is 1. The van der Waals surface area contributed by atoms with Crippen molar-refractivity contribution < 1.29 is 4.39 Å². The molecule has 2 aromatic rings. The van der Waals surface area contributed by atoms with Gasteiger partial charge in [-0.05, 0) is 39.1 Å². The van der Waals surface area contributed by atoms with Crippen LogP contribution in [0.25, 0.3) is 0 Å². The molecule has 0 aliphatic rings. The summed E-state index contributed by atoms with van der Waals surface area (Å²) in [5.41, 5.74) is 8.65. The zero-order valence-corrected chi connectivity index (χ0v) is 12.8. The Labute approximate surface area is 125 Å². The van der Waals surface area contributed by atoms with E-state index in [9.17, 15) is 4.39 Å². The lowest BCUT2D eigenvalue weighted by Gasteiger charge is -2.31. The van der Waals surface area contributed by atoms with Gasteiger partial charge in [0.15, 0.2) is 0 Å². The van der Waals surface area contributed by atoms with Gasteiger partial charge in [-0.1, -0.05) is 24.3 Å². The maximum absolute atomic E-state index is 14.1. The molecule has 1 aromatic carbocycles. The van der Waals surface area contributed by atoms with Crippen molar-refractivity contribution in [1.29, 1.82) is 0 Å². The minimum absolute atomic E-state index is 0.184. The van der Waals surface area contributed by atoms with E-state index >= 15 is 0 Å². The van der Waals surface area contributed by atoms with E-state index in [4.69, 9.17) is 5.73 Å². The fourth-order valence-electron chi connectivity index (χ4n) is 2.68. The van der Waals surface area contributed by atoms with Crippen molar-refractivity contribution in [3.63, 3.8) is 0 Å². The van der Waals surface area contributed by atoms with Gasteiger partial charge in [0.25, 0.3) is 0 Å². The first-order valence-electron chi connectivity index (χ1n) is 7.12. The molecule has 0 aliphatic carbocycles. The van der Waals surface area contributed by atoms with E-state index in [1.54, 1.807) is 12.1 Å². The summed E-state index contributed by atoms with van der Waals surface area (Å²) in [6, 6.07) is 12.4. The number of nitrogens with zero attached hydrogens (tertiary/aromatic N) is 2. The first kappa shape index (κ1) is 15.6. The maximum Gasteiger partial charge on any atom is 0.128 e. The molecular weight excluding hydrogens is 265 g/mol. The largest absolute Gasteiger partial charge is 0.326 e. The number of hydrogen-bond acceptors (Lipinski definition) is 3. The van der Waals surface area contributed by atoms with Gasteiger partial charge in [0.05, 0.1) is 11.7 Å². The molecule has 0 fully saturated rings. The van der Waals surface area contributed by atoms with Crippen molar-refractivity contribution in [2.75, 3.05) is 7.05 Å². The SMILES string of the molecule is Cc1cccc(CN(C)C(c2ccccc2F)C(C)N)n1. The number of halogens is 1. The Kier molecular flexibility index (Phi) is 5.04. The summed E-state index contributed by atoms with van der Waals surface area (Å²) in [7, 11) is 1.95. The Hall–Kier alpha value is -1.78. The molecule has 0 saturated carbocycles. The van der Waals surface area contributed by atoms with Crippen molar-refractivity contribution in [3.8, 4) is 0 Å². The average Bonchev–Trinajstić information content (AvgIpc) is 2.41. The van der Waals surface area contributed by atoms with Gasteiger partial charge >= 0.3 is 0 Å². The molecule has 112 valence electrons. The smallest absolute Gasteiger partial charge is 0.128 e. The maximum atomic E-state index is 14.1. The first-order chi connectivity index (χ1) is 9.99. The Morgan fingerprint density at radius 1 is 1.19 bits per heavy atom. The van der Waals surface area contributed by atoms with E-state index in [0.717, 1.165) is 11.4 Å². The molecule has 2 unspecified atom stereocenters. The van der Waals surface area contributed by atoms with Gasteiger partial charge in [0, 0.05) is 23.8 Å². The first-order valence-corrected chi connectivity index (χ1v) is 7.12. The van der Waals surface area contributed by atoms with Crippen LogP contribution in [0.4, 0.5) is 4.39 Å². The number of aromatic nitrogens is 1. The highest BCUT2D eigenvalue weighted by Crippen LogP contribution is 2.25. The van der Waals surface area contributed by atoms with Gasteiger partial charge in [-0.3, -0.25) is 9.88 Å². The Bertz CT molecular complexity index is 598. The van der Waals surface area contributed by atoms with Crippen molar-refractivity contribution in [2.24, 2.45) is 5.73 Å². The summed E-state index contributed by atoms with van der Waals surface area (Å²) in [4.78, 5) is 6.54. The number of likely N-dealkylation sites (N-methyl/N-ethyl adjacent to an activating group) is 1. The van der Waals surface area contributed by atoms with Gasteiger partial charge in [-0.25, -0.2) is 4.39 Å². The second-order valence-corrected chi connectivity index (χ2v) is 5.51. The molecule has 1 aromatic heterocycles. The molecule has 0 saturated heterocycles. The van der Waals surface area contributed by atoms with Gasteiger partial charge in [0.1, 0.15) is 5.82 Å². The lowest BCUT2D eigenvalue weighted by Crippen LogP contribution is -2.37. The molecule has 2 rings (SSSR count). The van der Waals surface area contributed by atoms with Crippen molar-refractivity contribution in [2.45, 2.75) is 32.5 Å². The monoisotopic (exact) mass is 287 g/mol.